The third-order valence-corrected chi connectivity index (χ3v) is 3.45. The van der Waals surface area contributed by atoms with E-state index < -0.39 is 18.0 Å². The highest BCUT2D eigenvalue weighted by Crippen LogP contribution is 2.29. The van der Waals surface area contributed by atoms with E-state index in [2.05, 4.69) is 15.0 Å². The summed E-state index contributed by atoms with van der Waals surface area (Å²) < 4.78 is 40.4. The van der Waals surface area contributed by atoms with Crippen LogP contribution in [-0.2, 0) is 12.6 Å². The highest BCUT2D eigenvalue weighted by atomic mass is 19.4. The number of alkyl halides is 3. The molecule has 6 nitrogen and oxygen atoms in total. The van der Waals surface area contributed by atoms with E-state index in [1.807, 2.05) is 0 Å². The minimum Gasteiger partial charge on any atom is -0.478 e. The molecular weight excluding hydrogens is 325 g/mol. The largest absolute Gasteiger partial charge is 0.478 e. The fourth-order valence-electron chi connectivity index (χ4n) is 2.29. The minimum atomic E-state index is -4.67. The van der Waals surface area contributed by atoms with Gasteiger partial charge in [-0.3, -0.25) is 4.57 Å². The number of halogens is 3. The molecule has 2 aromatic heterocycles. The summed E-state index contributed by atoms with van der Waals surface area (Å²) in [7, 11) is 0. The Kier molecular flexibility index (Phi) is 3.70. The maximum atomic E-state index is 13.0. The molecule has 124 valence electrons. The van der Waals surface area contributed by atoms with Gasteiger partial charge in [-0.05, 0) is 30.7 Å². The molecule has 0 amide bonds. The lowest BCUT2D eigenvalue weighted by Crippen LogP contribution is -2.13. The number of aromatic nitrogens is 4. The molecule has 3 aromatic rings. The molecule has 0 bridgehead atoms. The van der Waals surface area contributed by atoms with Crippen LogP contribution >= 0.6 is 0 Å². The SMILES string of the molecule is CCc1nc(C(F)(F)F)nc2c1ncn2-c1ccc(C(=O)O)cc1. The zero-order valence-electron chi connectivity index (χ0n) is 12.4. The van der Waals surface area contributed by atoms with Gasteiger partial charge in [0.1, 0.15) is 11.8 Å². The molecule has 0 fully saturated rings. The molecule has 0 radical (unpaired) electrons. The van der Waals surface area contributed by atoms with Crippen molar-refractivity contribution in [2.24, 2.45) is 0 Å². The average Bonchev–Trinajstić information content (AvgIpc) is 2.97. The summed E-state index contributed by atoms with van der Waals surface area (Å²) in [6.07, 6.45) is -3.05. The molecule has 0 saturated heterocycles. The number of carboxylic acids is 1. The van der Waals surface area contributed by atoms with E-state index >= 15 is 0 Å². The predicted molar refractivity (Wildman–Crippen MR) is 78.0 cm³/mol. The van der Waals surface area contributed by atoms with Gasteiger partial charge >= 0.3 is 12.1 Å². The highest BCUT2D eigenvalue weighted by molar-refractivity contribution is 5.87. The first-order valence-corrected chi connectivity index (χ1v) is 6.96. The summed E-state index contributed by atoms with van der Waals surface area (Å²) in [6.45, 7) is 1.68. The van der Waals surface area contributed by atoms with E-state index in [1.165, 1.54) is 35.2 Å². The number of aromatic carboxylic acids is 1. The lowest BCUT2D eigenvalue weighted by molar-refractivity contribution is -0.144. The second kappa shape index (κ2) is 5.59. The first-order valence-electron chi connectivity index (χ1n) is 6.96. The van der Waals surface area contributed by atoms with Crippen molar-refractivity contribution >= 4 is 17.1 Å². The number of hydrogen-bond donors (Lipinski definition) is 1. The molecule has 0 aliphatic rings. The molecule has 9 heteroatoms. The van der Waals surface area contributed by atoms with Gasteiger partial charge in [0, 0.05) is 5.69 Å². The molecule has 0 saturated carbocycles. The van der Waals surface area contributed by atoms with Crippen LogP contribution in [0.5, 0.6) is 0 Å². The third-order valence-electron chi connectivity index (χ3n) is 3.45. The van der Waals surface area contributed by atoms with Gasteiger partial charge in [0.05, 0.1) is 11.3 Å². The van der Waals surface area contributed by atoms with E-state index in [0.29, 0.717) is 5.69 Å². The van der Waals surface area contributed by atoms with Gasteiger partial charge in [-0.25, -0.2) is 19.7 Å². The fraction of sp³-hybridized carbons (Fsp3) is 0.200. The van der Waals surface area contributed by atoms with E-state index in [4.69, 9.17) is 5.11 Å². The lowest BCUT2D eigenvalue weighted by atomic mass is 10.2. The second-order valence-corrected chi connectivity index (χ2v) is 4.98. The Morgan fingerprint density at radius 3 is 2.42 bits per heavy atom. The Morgan fingerprint density at radius 2 is 1.88 bits per heavy atom. The van der Waals surface area contributed by atoms with Gasteiger partial charge < -0.3 is 5.11 Å². The van der Waals surface area contributed by atoms with Crippen molar-refractivity contribution in [3.8, 4) is 5.69 Å². The number of carboxylic acid groups (broad SMARTS) is 1. The summed E-state index contributed by atoms with van der Waals surface area (Å²) in [5.74, 6) is -2.32. The lowest BCUT2D eigenvalue weighted by Gasteiger charge is -2.09. The van der Waals surface area contributed by atoms with Crippen LogP contribution in [0.1, 0.15) is 28.8 Å². The first-order chi connectivity index (χ1) is 11.3. The molecule has 0 aliphatic heterocycles. The van der Waals surface area contributed by atoms with E-state index in [0.717, 1.165) is 0 Å². The van der Waals surface area contributed by atoms with Crippen LogP contribution in [0.15, 0.2) is 30.6 Å². The Labute approximate surface area is 133 Å². The summed E-state index contributed by atoms with van der Waals surface area (Å²) in [6, 6.07) is 5.67. The van der Waals surface area contributed by atoms with Gasteiger partial charge in [-0.15, -0.1) is 0 Å². The van der Waals surface area contributed by atoms with Crippen LogP contribution in [0.4, 0.5) is 13.2 Å². The molecule has 0 atom stereocenters. The summed E-state index contributed by atoms with van der Waals surface area (Å²) >= 11 is 0. The van der Waals surface area contributed by atoms with Crippen molar-refractivity contribution in [2.75, 3.05) is 0 Å². The van der Waals surface area contributed by atoms with E-state index in [1.54, 1.807) is 6.92 Å². The maximum absolute atomic E-state index is 13.0. The number of nitrogens with zero attached hydrogens (tertiary/aromatic N) is 4. The maximum Gasteiger partial charge on any atom is 0.451 e. The number of aryl methyl sites for hydroxylation is 1. The summed E-state index contributed by atoms with van der Waals surface area (Å²) in [5.41, 5.74) is 1.04. The van der Waals surface area contributed by atoms with Gasteiger partial charge in [0.2, 0.25) is 5.82 Å². The molecule has 0 aliphatic carbocycles. The first kappa shape index (κ1) is 15.9. The van der Waals surface area contributed by atoms with Crippen molar-refractivity contribution in [1.29, 1.82) is 0 Å². The van der Waals surface area contributed by atoms with Crippen molar-refractivity contribution < 1.29 is 23.1 Å². The Bertz CT molecular complexity index is 917. The Balaban J connectivity index is 2.20. The van der Waals surface area contributed by atoms with Crippen molar-refractivity contribution in [3.63, 3.8) is 0 Å². The van der Waals surface area contributed by atoms with Crippen LogP contribution in [0.3, 0.4) is 0 Å². The fourth-order valence-corrected chi connectivity index (χ4v) is 2.29. The van der Waals surface area contributed by atoms with Gasteiger partial charge in [-0.1, -0.05) is 6.92 Å². The Morgan fingerprint density at radius 1 is 1.21 bits per heavy atom. The quantitative estimate of drug-likeness (QED) is 0.795. The van der Waals surface area contributed by atoms with Crippen molar-refractivity contribution in [1.82, 2.24) is 19.5 Å². The summed E-state index contributed by atoms with van der Waals surface area (Å²) in [4.78, 5) is 22.1. The van der Waals surface area contributed by atoms with E-state index in [9.17, 15) is 18.0 Å². The standard InChI is InChI=1S/C15H11F3N4O2/c1-2-10-11-12(21-14(20-10)15(16,17)18)22(7-19-11)9-5-3-8(4-6-9)13(23)24/h3-7H,2H2,1H3,(H,23,24). The van der Waals surface area contributed by atoms with Crippen LogP contribution in [0.25, 0.3) is 16.9 Å². The molecule has 1 N–H and O–H groups in total. The number of fused-ring (bicyclic) bond motifs is 1. The third kappa shape index (κ3) is 2.68. The van der Waals surface area contributed by atoms with Crippen molar-refractivity contribution in [2.45, 2.75) is 19.5 Å². The number of rotatable bonds is 3. The zero-order chi connectivity index (χ0) is 17.5. The smallest absolute Gasteiger partial charge is 0.451 e. The number of imidazole rings is 1. The predicted octanol–water partition coefficient (Wildman–Crippen LogP) is 3.09. The minimum absolute atomic E-state index is 0.0252. The molecule has 3 rings (SSSR count). The molecule has 0 spiro atoms. The molecule has 2 heterocycles. The van der Waals surface area contributed by atoms with Gasteiger partial charge in [0.15, 0.2) is 5.65 Å². The topological polar surface area (TPSA) is 80.9 Å². The molecular formula is C15H11F3N4O2. The zero-order valence-corrected chi connectivity index (χ0v) is 12.4. The van der Waals surface area contributed by atoms with E-state index in [-0.39, 0.29) is 28.8 Å². The number of carbonyl (C=O) groups is 1. The Hall–Kier alpha value is -2.97. The average molecular weight is 336 g/mol. The van der Waals surface area contributed by atoms with Gasteiger partial charge in [0.25, 0.3) is 0 Å². The summed E-state index contributed by atoms with van der Waals surface area (Å²) in [5, 5.41) is 8.91. The molecule has 0 unspecified atom stereocenters. The highest BCUT2D eigenvalue weighted by Gasteiger charge is 2.36. The van der Waals surface area contributed by atoms with Crippen LogP contribution in [-0.4, -0.2) is 30.6 Å². The number of benzene rings is 1. The second-order valence-electron chi connectivity index (χ2n) is 4.98. The van der Waals surface area contributed by atoms with Crippen molar-refractivity contribution in [3.05, 3.63) is 47.7 Å². The monoisotopic (exact) mass is 336 g/mol. The molecule has 24 heavy (non-hydrogen) atoms. The molecule has 1 aromatic carbocycles. The van der Waals surface area contributed by atoms with Crippen LogP contribution in [0.2, 0.25) is 0 Å². The van der Waals surface area contributed by atoms with Crippen LogP contribution < -0.4 is 0 Å². The number of hydrogen-bond acceptors (Lipinski definition) is 4. The normalized spacial score (nSPS) is 11.8. The van der Waals surface area contributed by atoms with Gasteiger partial charge in [-0.2, -0.15) is 13.2 Å². The van der Waals surface area contributed by atoms with Crippen LogP contribution in [0, 0.1) is 0 Å².